The van der Waals surface area contributed by atoms with Crippen LogP contribution in [0.25, 0.3) is 0 Å². The van der Waals surface area contributed by atoms with E-state index in [-0.39, 0.29) is 7.43 Å². The van der Waals surface area contributed by atoms with Crippen LogP contribution in [0.2, 0.25) is 0 Å². The molecule has 0 fully saturated rings. The zero-order chi connectivity index (χ0) is 8.28. The summed E-state index contributed by atoms with van der Waals surface area (Å²) in [6.45, 7) is -5.42. The third kappa shape index (κ3) is 1860. The number of hydrogen-bond acceptors (Lipinski definition) is 0. The van der Waals surface area contributed by atoms with Crippen LogP contribution in [0.1, 0.15) is 7.43 Å². The third-order valence-corrected chi connectivity index (χ3v) is 0. The highest BCUT2D eigenvalue weighted by Gasteiger charge is 1.86. The summed E-state index contributed by atoms with van der Waals surface area (Å²) < 4.78 is 57.7. The predicted molar refractivity (Wildman–Crippen MR) is 28.0 cm³/mol. The molecule has 0 radical (unpaired) electrons. The van der Waals surface area contributed by atoms with Crippen molar-refractivity contribution in [3.63, 3.8) is 0 Å². The minimum Gasteiger partial charge on any atom is -0.255 e. The van der Waals surface area contributed by atoms with E-state index < -0.39 is 13.6 Å². The fraction of sp³-hybridized carbons (Fsp3) is 1.00. The molecular weight excluding hydrogens is 162 g/mol. The fourth-order valence-electron chi connectivity index (χ4n) is 0. The van der Waals surface area contributed by atoms with Gasteiger partial charge in [-0.3, -0.25) is 4.39 Å². The predicted octanol–water partition coefficient (Wildman–Crippen LogP) is 3.28. The molecule has 0 amide bonds. The maximum atomic E-state index is 9.67. The molecule has 0 aliphatic heterocycles. The second-order valence-corrected chi connectivity index (χ2v) is 0.348. The van der Waals surface area contributed by atoms with Crippen LogP contribution in [0.4, 0.5) is 26.3 Å². The Labute approximate surface area is 55.8 Å². The molecule has 0 saturated carbocycles. The maximum Gasteiger partial charge on any atom is 0.379 e. The van der Waals surface area contributed by atoms with Gasteiger partial charge in [-0.15, -0.1) is 0 Å². The molecule has 6 heteroatoms. The number of alkyl halides is 6. The van der Waals surface area contributed by atoms with E-state index in [1.807, 2.05) is 0 Å². The van der Waals surface area contributed by atoms with Crippen LogP contribution in [0.5, 0.6) is 0 Å². The molecule has 0 aromatic carbocycles. The molecule has 0 aromatic heterocycles. The molecule has 0 N–H and O–H groups in total. The van der Waals surface area contributed by atoms with Gasteiger partial charge in [-0.05, 0) is 0 Å². The molecule has 0 saturated heterocycles. The minimum atomic E-state index is -3.67. The van der Waals surface area contributed by atoms with Gasteiger partial charge in [0.25, 0.3) is 0 Å². The van der Waals surface area contributed by atoms with Gasteiger partial charge in [0.2, 0.25) is 6.93 Å². The normalized spacial score (nSPS) is 6.00. The van der Waals surface area contributed by atoms with E-state index in [1.165, 1.54) is 0 Å². The van der Waals surface area contributed by atoms with Crippen molar-refractivity contribution in [1.82, 2.24) is 0 Å². The Morgan fingerprint density at radius 1 is 1.00 bits per heavy atom. The van der Waals surface area contributed by atoms with Gasteiger partial charge in [0.05, 0.1) is 7.18 Å². The van der Waals surface area contributed by atoms with Crippen LogP contribution in [0.3, 0.4) is 0 Å². The highest BCUT2D eigenvalue weighted by molar-refractivity contribution is 3.83. The van der Waals surface area contributed by atoms with Gasteiger partial charge in [0.1, 0.15) is 0 Å². The van der Waals surface area contributed by atoms with Crippen LogP contribution >= 0.6 is 0 Å². The molecule has 0 aliphatic rings. The first-order valence-electron chi connectivity index (χ1n) is 1.57. The largest absolute Gasteiger partial charge is 0.379 e. The van der Waals surface area contributed by atoms with Crippen molar-refractivity contribution in [2.24, 2.45) is 0 Å². The lowest BCUT2D eigenvalue weighted by Crippen LogP contribution is -1.65. The molecule has 68 valence electrons. The van der Waals surface area contributed by atoms with E-state index in [0.29, 0.717) is 7.18 Å². The fourth-order valence-corrected chi connectivity index (χ4v) is 0. The van der Waals surface area contributed by atoms with E-state index in [4.69, 9.17) is 0 Å². The summed E-state index contributed by atoms with van der Waals surface area (Å²) in [5.74, 6) is 0. The first-order valence-corrected chi connectivity index (χ1v) is 1.57. The Bertz CT molecular complexity index is 21.0. The Kier molecular flexibility index (Phi) is 87.1. The Hall–Kier alpha value is -0.420. The third-order valence-electron chi connectivity index (χ3n) is 0. The quantitative estimate of drug-likeness (QED) is 0.492. The maximum absolute atomic E-state index is 9.67. The standard InChI is InChI=1S/CHF3.CH2F2.CH3F.CH4/c2-1(3)4;2-1-3;1-2;/h1H;1H2;1H3;1H4. The summed E-state index contributed by atoms with van der Waals surface area (Å²) in [6.07, 6.45) is 0. The minimum absolute atomic E-state index is 0. The summed E-state index contributed by atoms with van der Waals surface area (Å²) in [7, 11) is 0.500. The van der Waals surface area contributed by atoms with Gasteiger partial charge in [0.15, 0.2) is 0 Å². The summed E-state index contributed by atoms with van der Waals surface area (Å²) >= 11 is 0. The van der Waals surface area contributed by atoms with Gasteiger partial charge >= 0.3 is 6.68 Å². The molecule has 0 spiro atoms. The SMILES string of the molecule is C.CF.FC(F)F.FCF. The van der Waals surface area contributed by atoms with Gasteiger partial charge in [0, 0.05) is 0 Å². The Balaban J connectivity index is -0.0000000273. The van der Waals surface area contributed by atoms with E-state index in [2.05, 4.69) is 0 Å². The van der Waals surface area contributed by atoms with E-state index >= 15 is 0 Å². The second kappa shape index (κ2) is 38.5. The van der Waals surface area contributed by atoms with Crippen LogP contribution < -0.4 is 0 Å². The van der Waals surface area contributed by atoms with E-state index in [9.17, 15) is 26.3 Å². The van der Waals surface area contributed by atoms with Crippen molar-refractivity contribution in [3.05, 3.63) is 0 Å². The highest BCUT2D eigenvalue weighted by atomic mass is 19.4. The molecule has 0 heterocycles. The van der Waals surface area contributed by atoms with Gasteiger partial charge in [-0.25, -0.2) is 8.78 Å². The van der Waals surface area contributed by atoms with Gasteiger partial charge in [-0.2, -0.15) is 13.2 Å². The van der Waals surface area contributed by atoms with Crippen LogP contribution in [0.15, 0.2) is 0 Å². The van der Waals surface area contributed by atoms with Crippen molar-refractivity contribution in [1.29, 1.82) is 0 Å². The lowest BCUT2D eigenvalue weighted by atomic mass is 11.6. The summed E-state index contributed by atoms with van der Waals surface area (Å²) in [4.78, 5) is 0. The zero-order valence-corrected chi connectivity index (χ0v) is 4.55. The number of halogens is 6. The van der Waals surface area contributed by atoms with Crippen molar-refractivity contribution in [3.8, 4) is 0 Å². The monoisotopic (exact) mass is 172 g/mol. The highest BCUT2D eigenvalue weighted by Crippen LogP contribution is 1.87. The molecule has 0 rings (SSSR count). The van der Waals surface area contributed by atoms with Crippen molar-refractivity contribution in [2.45, 2.75) is 14.1 Å². The molecule has 0 bridgehead atoms. The lowest BCUT2D eigenvalue weighted by Gasteiger charge is -1.65. The van der Waals surface area contributed by atoms with Crippen molar-refractivity contribution < 1.29 is 26.3 Å². The van der Waals surface area contributed by atoms with Crippen LogP contribution in [-0.2, 0) is 0 Å². The molecular formula is C4H10F6. The van der Waals surface area contributed by atoms with Crippen LogP contribution in [0, 0.1) is 0 Å². The average Bonchev–Trinajstić information content (AvgIpc) is 1.71. The first kappa shape index (κ1) is 22.7. The molecule has 0 nitrogen and oxygen atoms in total. The summed E-state index contributed by atoms with van der Waals surface area (Å²) in [5, 5.41) is 0. The van der Waals surface area contributed by atoms with E-state index in [1.54, 1.807) is 0 Å². The molecule has 0 aromatic rings. The smallest absolute Gasteiger partial charge is 0.255 e. The van der Waals surface area contributed by atoms with Crippen molar-refractivity contribution in [2.75, 3.05) is 14.1 Å². The zero-order valence-electron chi connectivity index (χ0n) is 4.55. The lowest BCUT2D eigenvalue weighted by molar-refractivity contribution is 0.00819. The first-order chi connectivity index (χ1) is 4.15. The Morgan fingerprint density at radius 3 is 1.00 bits per heavy atom. The number of rotatable bonds is 0. The number of hydrogen-bond donors (Lipinski definition) is 0. The second-order valence-electron chi connectivity index (χ2n) is 0.348. The molecule has 0 aliphatic carbocycles. The Morgan fingerprint density at radius 2 is 1.00 bits per heavy atom. The topological polar surface area (TPSA) is 0 Å². The van der Waals surface area contributed by atoms with Crippen molar-refractivity contribution >= 4 is 0 Å². The average molecular weight is 172 g/mol. The van der Waals surface area contributed by atoms with Crippen LogP contribution in [-0.4, -0.2) is 20.8 Å². The molecule has 10 heavy (non-hydrogen) atoms. The summed E-state index contributed by atoms with van der Waals surface area (Å²) in [5.41, 5.74) is 0. The molecule has 0 unspecified atom stereocenters. The van der Waals surface area contributed by atoms with Gasteiger partial charge in [-0.1, -0.05) is 7.43 Å². The molecule has 0 atom stereocenters. The summed E-state index contributed by atoms with van der Waals surface area (Å²) in [6, 6.07) is 0. The van der Waals surface area contributed by atoms with Gasteiger partial charge < -0.3 is 0 Å². The van der Waals surface area contributed by atoms with E-state index in [0.717, 1.165) is 0 Å².